The highest BCUT2D eigenvalue weighted by atomic mass is 19.1. The van der Waals surface area contributed by atoms with Crippen molar-refractivity contribution in [1.29, 1.82) is 0 Å². The summed E-state index contributed by atoms with van der Waals surface area (Å²) in [6.45, 7) is 4.34. The summed E-state index contributed by atoms with van der Waals surface area (Å²) in [4.78, 5) is 41.3. The van der Waals surface area contributed by atoms with Gasteiger partial charge in [-0.3, -0.25) is 14.4 Å². The summed E-state index contributed by atoms with van der Waals surface area (Å²) in [5.74, 6) is -2.70. The van der Waals surface area contributed by atoms with Crippen molar-refractivity contribution in [2.24, 2.45) is 0 Å². The number of ether oxygens (including phenoxy) is 1. The lowest BCUT2D eigenvalue weighted by molar-refractivity contribution is 0.0627. The fourth-order valence-corrected chi connectivity index (χ4v) is 4.26. The minimum Gasteiger partial charge on any atom is -0.487 e. The van der Waals surface area contributed by atoms with Crippen LogP contribution in [0.3, 0.4) is 0 Å². The van der Waals surface area contributed by atoms with Crippen LogP contribution in [0.1, 0.15) is 65.6 Å². The standard InChI is InChI=1S/C25H27F2N3O4/c1-3-4-10-34-23-21-25(33)29-13-18(7-5-6-15(29)2)30(21)14-19(22(23)31)24(32)28-12-16-8-9-17(26)11-20(16)27/h5-6,8-9,11,14-15,18H,3-4,7,10,12-13H2,1-2H3,(H,28,32)/t15-,18-/m0/s1. The molecule has 0 spiro atoms. The maximum atomic E-state index is 14.0. The molecule has 180 valence electrons. The van der Waals surface area contributed by atoms with Crippen LogP contribution < -0.4 is 15.5 Å². The van der Waals surface area contributed by atoms with E-state index in [1.54, 1.807) is 9.47 Å². The highest BCUT2D eigenvalue weighted by molar-refractivity contribution is 5.99. The number of nitrogens with zero attached hydrogens (tertiary/aromatic N) is 2. The van der Waals surface area contributed by atoms with Gasteiger partial charge in [-0.15, -0.1) is 0 Å². The van der Waals surface area contributed by atoms with E-state index in [2.05, 4.69) is 5.32 Å². The zero-order valence-corrected chi connectivity index (χ0v) is 19.1. The quantitative estimate of drug-likeness (QED) is 0.495. The molecular weight excluding hydrogens is 444 g/mol. The monoisotopic (exact) mass is 471 g/mol. The molecule has 3 heterocycles. The van der Waals surface area contributed by atoms with Crippen LogP contribution in [0.15, 0.2) is 41.3 Å². The summed E-state index contributed by atoms with van der Waals surface area (Å²) in [5.41, 5.74) is -0.650. The molecule has 0 saturated heterocycles. The SMILES string of the molecule is CCCCOc1c2n(cc(C(=O)NCc3ccc(F)cc3F)c1=O)[C@H]1CC=C[C@H](C)N(C1)C2=O. The average Bonchev–Trinajstić information content (AvgIpc) is 2.97. The molecule has 0 fully saturated rings. The lowest BCUT2D eigenvalue weighted by Gasteiger charge is -2.37. The number of aromatic nitrogens is 1. The zero-order chi connectivity index (χ0) is 24.4. The summed E-state index contributed by atoms with van der Waals surface area (Å²) in [6, 6.07) is 2.77. The van der Waals surface area contributed by atoms with Crippen molar-refractivity contribution in [3.63, 3.8) is 0 Å². The minimum atomic E-state index is -0.795. The number of halogens is 2. The van der Waals surface area contributed by atoms with Crippen molar-refractivity contribution in [2.75, 3.05) is 13.2 Å². The second-order valence-corrected chi connectivity index (χ2v) is 8.59. The Morgan fingerprint density at radius 1 is 1.26 bits per heavy atom. The van der Waals surface area contributed by atoms with Crippen molar-refractivity contribution < 1.29 is 23.1 Å². The summed E-state index contributed by atoms with van der Waals surface area (Å²) < 4.78 is 34.6. The Hall–Kier alpha value is -3.49. The maximum absolute atomic E-state index is 14.0. The first-order valence-corrected chi connectivity index (χ1v) is 11.4. The van der Waals surface area contributed by atoms with Crippen LogP contribution in [-0.4, -0.2) is 40.5 Å². The number of pyridine rings is 1. The van der Waals surface area contributed by atoms with Gasteiger partial charge in [-0.05, 0) is 25.8 Å². The van der Waals surface area contributed by atoms with Gasteiger partial charge in [-0.25, -0.2) is 8.78 Å². The van der Waals surface area contributed by atoms with Crippen LogP contribution in [0.2, 0.25) is 0 Å². The Kier molecular flexibility index (Phi) is 6.81. The number of nitrogens with one attached hydrogen (secondary N) is 1. The van der Waals surface area contributed by atoms with Crippen molar-refractivity contribution in [3.05, 3.63) is 75.2 Å². The van der Waals surface area contributed by atoms with Crippen LogP contribution >= 0.6 is 0 Å². The van der Waals surface area contributed by atoms with Gasteiger partial charge in [-0.2, -0.15) is 0 Å². The lowest BCUT2D eigenvalue weighted by Crippen LogP contribution is -2.47. The number of carbonyl (C=O) groups is 2. The molecule has 2 aromatic rings. The summed E-state index contributed by atoms with van der Waals surface area (Å²) >= 11 is 0. The fraction of sp³-hybridized carbons (Fsp3) is 0.400. The Morgan fingerprint density at radius 2 is 2.06 bits per heavy atom. The Balaban J connectivity index is 1.72. The van der Waals surface area contributed by atoms with Gasteiger partial charge >= 0.3 is 0 Å². The minimum absolute atomic E-state index is 0.0842. The van der Waals surface area contributed by atoms with Gasteiger partial charge < -0.3 is 19.5 Å². The Labute approximate surface area is 196 Å². The van der Waals surface area contributed by atoms with E-state index in [0.717, 1.165) is 18.6 Å². The molecule has 2 bridgehead atoms. The van der Waals surface area contributed by atoms with Crippen molar-refractivity contribution in [2.45, 2.75) is 51.7 Å². The first-order chi connectivity index (χ1) is 16.3. The number of amides is 2. The molecule has 1 aromatic carbocycles. The third-order valence-corrected chi connectivity index (χ3v) is 6.21. The molecule has 4 rings (SSSR count). The Bertz CT molecular complexity index is 1210. The number of benzene rings is 1. The number of rotatable bonds is 7. The highest BCUT2D eigenvalue weighted by Crippen LogP contribution is 2.32. The third-order valence-electron chi connectivity index (χ3n) is 6.21. The lowest BCUT2D eigenvalue weighted by atomic mass is 10.1. The molecule has 7 nitrogen and oxygen atoms in total. The van der Waals surface area contributed by atoms with Gasteiger partial charge in [-0.1, -0.05) is 31.6 Å². The van der Waals surface area contributed by atoms with Crippen molar-refractivity contribution in [3.8, 4) is 5.75 Å². The van der Waals surface area contributed by atoms with Crippen LogP contribution in [-0.2, 0) is 6.54 Å². The molecule has 1 N–H and O–H groups in total. The molecule has 34 heavy (non-hydrogen) atoms. The van der Waals surface area contributed by atoms with Gasteiger partial charge in [0, 0.05) is 37.0 Å². The first-order valence-electron chi connectivity index (χ1n) is 11.4. The average molecular weight is 472 g/mol. The van der Waals surface area contributed by atoms with E-state index in [9.17, 15) is 23.2 Å². The number of hydrogen-bond donors (Lipinski definition) is 1. The van der Waals surface area contributed by atoms with Gasteiger partial charge in [0.05, 0.1) is 12.6 Å². The molecule has 0 radical (unpaired) electrons. The molecule has 0 aliphatic carbocycles. The second kappa shape index (κ2) is 9.79. The Morgan fingerprint density at radius 3 is 2.79 bits per heavy atom. The molecule has 2 aliphatic rings. The van der Waals surface area contributed by atoms with Gasteiger partial charge in [0.1, 0.15) is 17.2 Å². The molecule has 0 unspecified atom stereocenters. The van der Waals surface area contributed by atoms with Gasteiger partial charge in [0.15, 0.2) is 11.4 Å². The van der Waals surface area contributed by atoms with E-state index < -0.39 is 23.0 Å². The molecule has 2 amide bonds. The number of unbranched alkanes of at least 4 members (excludes halogenated alkanes) is 1. The van der Waals surface area contributed by atoms with E-state index >= 15 is 0 Å². The van der Waals surface area contributed by atoms with E-state index in [1.807, 2.05) is 26.0 Å². The van der Waals surface area contributed by atoms with Crippen LogP contribution in [0.25, 0.3) is 0 Å². The highest BCUT2D eigenvalue weighted by Gasteiger charge is 2.38. The van der Waals surface area contributed by atoms with E-state index in [0.29, 0.717) is 19.4 Å². The van der Waals surface area contributed by atoms with Crippen LogP contribution in [0.4, 0.5) is 8.78 Å². The maximum Gasteiger partial charge on any atom is 0.275 e. The number of carbonyl (C=O) groups excluding carboxylic acids is 2. The van der Waals surface area contributed by atoms with Crippen LogP contribution in [0.5, 0.6) is 5.75 Å². The molecule has 9 heteroatoms. The number of allylic oxidation sites excluding steroid dienone is 1. The number of hydrogen-bond acceptors (Lipinski definition) is 4. The summed E-state index contributed by atoms with van der Waals surface area (Å²) in [7, 11) is 0. The topological polar surface area (TPSA) is 80.6 Å². The van der Waals surface area contributed by atoms with Crippen molar-refractivity contribution in [1.82, 2.24) is 14.8 Å². The van der Waals surface area contributed by atoms with E-state index in [4.69, 9.17) is 4.74 Å². The van der Waals surface area contributed by atoms with E-state index in [1.165, 1.54) is 12.3 Å². The second-order valence-electron chi connectivity index (χ2n) is 8.59. The predicted octanol–water partition coefficient (Wildman–Crippen LogP) is 3.58. The molecule has 0 saturated carbocycles. The molecular formula is C25H27F2N3O4. The summed E-state index contributed by atoms with van der Waals surface area (Å²) in [6.07, 6.45) is 7.47. The normalized spacial score (nSPS) is 18.9. The number of fused-ring (bicyclic) bond motifs is 4. The summed E-state index contributed by atoms with van der Waals surface area (Å²) in [5, 5.41) is 2.52. The first kappa shape index (κ1) is 23.7. The predicted molar refractivity (Wildman–Crippen MR) is 122 cm³/mol. The molecule has 1 aromatic heterocycles. The smallest absolute Gasteiger partial charge is 0.275 e. The van der Waals surface area contributed by atoms with Gasteiger partial charge in [0.25, 0.3) is 11.8 Å². The third kappa shape index (κ3) is 4.47. The molecule has 2 atom stereocenters. The zero-order valence-electron chi connectivity index (χ0n) is 19.1. The van der Waals surface area contributed by atoms with Crippen molar-refractivity contribution >= 4 is 11.8 Å². The van der Waals surface area contributed by atoms with E-state index in [-0.39, 0.29) is 53.7 Å². The van der Waals surface area contributed by atoms with Crippen LogP contribution in [0, 0.1) is 11.6 Å². The molecule has 2 aliphatic heterocycles. The van der Waals surface area contributed by atoms with Gasteiger partial charge in [0.2, 0.25) is 5.43 Å². The fourth-order valence-electron chi connectivity index (χ4n) is 4.26. The largest absolute Gasteiger partial charge is 0.487 e.